The third-order valence-corrected chi connectivity index (χ3v) is 5.67. The Bertz CT molecular complexity index is 1240. The van der Waals surface area contributed by atoms with Crippen LogP contribution in [0, 0.1) is 25.2 Å². The van der Waals surface area contributed by atoms with Crippen LogP contribution in [-0.2, 0) is 19.1 Å². The number of hydrogen-bond acceptors (Lipinski definition) is 7. The van der Waals surface area contributed by atoms with Gasteiger partial charge in [-0.25, -0.2) is 4.79 Å². The number of phenols is 1. The summed E-state index contributed by atoms with van der Waals surface area (Å²) in [6, 6.07) is 10.4. The first kappa shape index (κ1) is 30.6. The lowest BCUT2D eigenvalue weighted by Gasteiger charge is -2.33. The molecule has 0 aliphatic carbocycles. The lowest BCUT2D eigenvalue weighted by Crippen LogP contribution is -2.52. The summed E-state index contributed by atoms with van der Waals surface area (Å²) in [5.41, 5.74) is 6.74. The molecule has 4 amide bonds. The fourth-order valence-electron chi connectivity index (χ4n) is 3.94. The number of hydrogen-bond donors (Lipinski definition) is 4. The lowest BCUT2D eigenvalue weighted by molar-refractivity contribution is -0.140. The van der Waals surface area contributed by atoms with Crippen LogP contribution in [0.25, 0.3) is 0 Å². The molecule has 39 heavy (non-hydrogen) atoms. The van der Waals surface area contributed by atoms with Crippen molar-refractivity contribution in [3.05, 3.63) is 59.2 Å². The monoisotopic (exact) mass is 537 g/mol. The summed E-state index contributed by atoms with van der Waals surface area (Å²) in [5.74, 6) is -2.32. The lowest BCUT2D eigenvalue weighted by atomic mass is 10.0. The molecule has 0 aromatic heterocycles. The molecule has 2 unspecified atom stereocenters. The maximum absolute atomic E-state index is 13.8. The largest absolute Gasteiger partial charge is 0.508 e. The molecule has 0 aliphatic heterocycles. The van der Waals surface area contributed by atoms with Crippen LogP contribution in [-0.4, -0.2) is 52.0 Å². The molecule has 2 atom stereocenters. The summed E-state index contributed by atoms with van der Waals surface area (Å²) in [5, 5.41) is 25.0. The van der Waals surface area contributed by atoms with Gasteiger partial charge in [-0.1, -0.05) is 30.3 Å². The Balaban J connectivity index is 2.55. The molecule has 2 rings (SSSR count). The van der Waals surface area contributed by atoms with E-state index in [0.29, 0.717) is 5.69 Å². The van der Waals surface area contributed by atoms with E-state index in [4.69, 9.17) is 10.5 Å². The first-order chi connectivity index (χ1) is 18.2. The highest BCUT2D eigenvalue weighted by Gasteiger charge is 2.37. The van der Waals surface area contributed by atoms with Gasteiger partial charge < -0.3 is 31.1 Å². The molecule has 11 nitrogen and oxygen atoms in total. The number of amides is 4. The highest BCUT2D eigenvalue weighted by atomic mass is 16.6. The molecular formula is C28H35N5O6. The number of phenolic OH excluding ortho intramolecular Hbond substituents is 1. The summed E-state index contributed by atoms with van der Waals surface area (Å²) in [6.45, 7) is 8.02. The Kier molecular flexibility index (Phi) is 10.4. The number of nitrogens with one attached hydrogen (secondary N) is 2. The third-order valence-electron chi connectivity index (χ3n) is 5.67. The molecule has 5 N–H and O–H groups in total. The van der Waals surface area contributed by atoms with Crippen molar-refractivity contribution in [1.82, 2.24) is 10.2 Å². The second kappa shape index (κ2) is 13.3. The SMILES string of the molecule is Cc1cccc(C)c1NC(=O)C(c1cccc(O)c1)N(CC#N)C(=O)C(CCC(N)=O)NC(=O)OC(C)(C)C. The first-order valence-corrected chi connectivity index (χ1v) is 12.3. The summed E-state index contributed by atoms with van der Waals surface area (Å²) in [7, 11) is 0. The number of carbonyl (C=O) groups excluding carboxylic acids is 4. The van der Waals surface area contributed by atoms with Crippen molar-refractivity contribution in [2.75, 3.05) is 11.9 Å². The summed E-state index contributed by atoms with van der Waals surface area (Å²) in [4.78, 5) is 52.6. The highest BCUT2D eigenvalue weighted by Crippen LogP contribution is 2.28. The van der Waals surface area contributed by atoms with Crippen LogP contribution in [0.1, 0.15) is 56.3 Å². The van der Waals surface area contributed by atoms with Crippen molar-refractivity contribution in [1.29, 1.82) is 5.26 Å². The van der Waals surface area contributed by atoms with Gasteiger partial charge in [0.25, 0.3) is 5.91 Å². The van der Waals surface area contributed by atoms with E-state index in [1.165, 1.54) is 24.3 Å². The molecule has 2 aromatic carbocycles. The number of rotatable bonds is 10. The average molecular weight is 538 g/mol. The minimum absolute atomic E-state index is 0.154. The molecule has 0 saturated heterocycles. The van der Waals surface area contributed by atoms with E-state index in [1.54, 1.807) is 20.8 Å². The van der Waals surface area contributed by atoms with Crippen LogP contribution < -0.4 is 16.4 Å². The number of nitrogens with zero attached hydrogens (tertiary/aromatic N) is 2. The quantitative estimate of drug-likeness (QED) is 0.336. The van der Waals surface area contributed by atoms with E-state index >= 15 is 0 Å². The zero-order chi connectivity index (χ0) is 29.3. The van der Waals surface area contributed by atoms with Crippen LogP contribution in [0.3, 0.4) is 0 Å². The second-order valence-corrected chi connectivity index (χ2v) is 10.1. The van der Waals surface area contributed by atoms with Gasteiger partial charge in [0.1, 0.15) is 30.0 Å². The van der Waals surface area contributed by atoms with Gasteiger partial charge in [-0.3, -0.25) is 14.4 Å². The number of benzene rings is 2. The first-order valence-electron chi connectivity index (χ1n) is 12.3. The van der Waals surface area contributed by atoms with Crippen molar-refractivity contribution in [3.8, 4) is 11.8 Å². The van der Waals surface area contributed by atoms with E-state index in [2.05, 4.69) is 10.6 Å². The predicted octanol–water partition coefficient (Wildman–Crippen LogP) is 3.20. The minimum atomic E-state index is -1.38. The average Bonchev–Trinajstić information content (AvgIpc) is 2.82. The maximum Gasteiger partial charge on any atom is 0.408 e. The Labute approximate surface area is 227 Å². The molecule has 11 heteroatoms. The van der Waals surface area contributed by atoms with Crippen molar-refractivity contribution < 1.29 is 29.0 Å². The molecule has 208 valence electrons. The normalized spacial score (nSPS) is 12.4. The zero-order valence-electron chi connectivity index (χ0n) is 22.8. The minimum Gasteiger partial charge on any atom is -0.508 e. The molecule has 0 bridgehead atoms. The topological polar surface area (TPSA) is 175 Å². The molecule has 0 saturated carbocycles. The second-order valence-electron chi connectivity index (χ2n) is 10.1. The molecule has 0 heterocycles. The Morgan fingerprint density at radius 2 is 1.72 bits per heavy atom. The molecule has 2 aromatic rings. The number of nitriles is 1. The van der Waals surface area contributed by atoms with Gasteiger partial charge in [-0.15, -0.1) is 0 Å². The third kappa shape index (κ3) is 9.03. The summed E-state index contributed by atoms with van der Waals surface area (Å²) >= 11 is 0. The number of nitrogens with two attached hydrogens (primary N) is 1. The van der Waals surface area contributed by atoms with Crippen LogP contribution in [0.4, 0.5) is 10.5 Å². The van der Waals surface area contributed by atoms with Crippen LogP contribution in [0.2, 0.25) is 0 Å². The number of aromatic hydroxyl groups is 1. The van der Waals surface area contributed by atoms with E-state index in [9.17, 15) is 29.5 Å². The van der Waals surface area contributed by atoms with Crippen LogP contribution >= 0.6 is 0 Å². The molecule has 0 aliphatic rings. The number of alkyl carbamates (subject to hydrolysis) is 1. The number of para-hydroxylation sites is 1. The molecule has 0 spiro atoms. The molecule has 0 fully saturated rings. The zero-order valence-corrected chi connectivity index (χ0v) is 22.8. The smallest absolute Gasteiger partial charge is 0.408 e. The summed E-state index contributed by atoms with van der Waals surface area (Å²) in [6.07, 6.45) is -1.37. The Morgan fingerprint density at radius 3 is 2.26 bits per heavy atom. The molecule has 0 radical (unpaired) electrons. The van der Waals surface area contributed by atoms with Crippen molar-refractivity contribution in [2.24, 2.45) is 5.73 Å². The molecular weight excluding hydrogens is 502 g/mol. The number of ether oxygens (including phenoxy) is 1. The van der Waals surface area contributed by atoms with Gasteiger partial charge in [0.15, 0.2) is 0 Å². The van der Waals surface area contributed by atoms with Crippen LogP contribution in [0.15, 0.2) is 42.5 Å². The van der Waals surface area contributed by atoms with Gasteiger partial charge in [0.2, 0.25) is 11.8 Å². The van der Waals surface area contributed by atoms with E-state index < -0.39 is 48.0 Å². The number of carbonyl (C=O) groups is 4. The van der Waals surface area contributed by atoms with E-state index in [1.807, 2.05) is 38.1 Å². The van der Waals surface area contributed by atoms with E-state index in [-0.39, 0.29) is 24.2 Å². The van der Waals surface area contributed by atoms with Crippen molar-refractivity contribution >= 4 is 29.5 Å². The van der Waals surface area contributed by atoms with Gasteiger partial charge in [0, 0.05) is 12.1 Å². The van der Waals surface area contributed by atoms with Gasteiger partial charge >= 0.3 is 6.09 Å². The summed E-state index contributed by atoms with van der Waals surface area (Å²) < 4.78 is 5.26. The Morgan fingerprint density at radius 1 is 1.10 bits per heavy atom. The maximum atomic E-state index is 13.8. The number of aryl methyl sites for hydroxylation is 2. The highest BCUT2D eigenvalue weighted by molar-refractivity contribution is 6.00. The van der Waals surface area contributed by atoms with Gasteiger partial charge in [0.05, 0.1) is 6.07 Å². The standard InChI is InChI=1S/C28H35N5O6/c1-17-8-6-9-18(2)23(17)32-25(36)24(19-10-7-11-20(34)16-19)33(15-14-29)26(37)21(12-13-22(30)35)31-27(38)39-28(3,4)5/h6-11,16,21,24,34H,12-13,15H2,1-5H3,(H2,30,35)(H,31,38)(H,32,36). The predicted molar refractivity (Wildman–Crippen MR) is 144 cm³/mol. The fourth-order valence-corrected chi connectivity index (χ4v) is 3.94. The van der Waals surface area contributed by atoms with Crippen molar-refractivity contribution in [3.63, 3.8) is 0 Å². The van der Waals surface area contributed by atoms with Gasteiger partial charge in [-0.05, 0) is 69.9 Å². The fraction of sp³-hybridized carbons (Fsp3) is 0.393. The van der Waals surface area contributed by atoms with Gasteiger partial charge in [-0.2, -0.15) is 5.26 Å². The number of primary amides is 1. The van der Waals surface area contributed by atoms with Crippen molar-refractivity contribution in [2.45, 2.75) is 65.1 Å². The number of anilines is 1. The van der Waals surface area contributed by atoms with Crippen LogP contribution in [0.5, 0.6) is 5.75 Å². The van der Waals surface area contributed by atoms with E-state index in [0.717, 1.165) is 16.0 Å². The Hall–Kier alpha value is -4.59.